The third kappa shape index (κ3) is 3.07. The van der Waals surface area contributed by atoms with Gasteiger partial charge in [0.15, 0.2) is 0 Å². The highest BCUT2D eigenvalue weighted by Gasteiger charge is 2.13. The second kappa shape index (κ2) is 6.91. The average molecular weight is 324 g/mol. The molecule has 0 spiro atoms. The first-order valence-corrected chi connectivity index (χ1v) is 8.35. The van der Waals surface area contributed by atoms with Gasteiger partial charge in [0.05, 0.1) is 24.6 Å². The Labute approximate surface area is 142 Å². The van der Waals surface area contributed by atoms with Crippen molar-refractivity contribution in [2.75, 3.05) is 18.6 Å². The Morgan fingerprint density at radius 1 is 1.25 bits per heavy atom. The molecule has 0 bridgehead atoms. The largest absolute Gasteiger partial charge is 0.493 e. The van der Waals surface area contributed by atoms with Gasteiger partial charge in [-0.3, -0.25) is 0 Å². The number of benzene rings is 1. The Balaban J connectivity index is 1.91. The lowest BCUT2D eigenvalue weighted by atomic mass is 10.1. The van der Waals surface area contributed by atoms with Gasteiger partial charge in [-0.15, -0.1) is 0 Å². The quantitative estimate of drug-likeness (QED) is 0.637. The van der Waals surface area contributed by atoms with Gasteiger partial charge in [0, 0.05) is 31.4 Å². The standard InChI is InChI=1S/C19H24N4O/c1-5-6-10-24-18-9-7-8-16(14(18)2)23(4)19-11-17-15(12-20-19)21-13-22(17)3/h7-9,11-13H,5-6,10H2,1-4H3. The van der Waals surface area contributed by atoms with Crippen LogP contribution in [0.3, 0.4) is 0 Å². The average Bonchev–Trinajstić information content (AvgIpc) is 2.97. The van der Waals surface area contributed by atoms with Gasteiger partial charge in [0.2, 0.25) is 0 Å². The molecule has 2 aromatic heterocycles. The molecule has 0 amide bonds. The third-order valence-electron chi connectivity index (χ3n) is 4.31. The zero-order valence-corrected chi connectivity index (χ0v) is 14.8. The number of rotatable bonds is 6. The summed E-state index contributed by atoms with van der Waals surface area (Å²) < 4.78 is 7.93. The van der Waals surface area contributed by atoms with Crippen LogP contribution in [0.4, 0.5) is 11.5 Å². The molecule has 0 unspecified atom stereocenters. The molecule has 5 nitrogen and oxygen atoms in total. The van der Waals surface area contributed by atoms with Crippen molar-refractivity contribution in [3.8, 4) is 5.75 Å². The molecule has 3 aromatic rings. The molecule has 0 saturated heterocycles. The van der Waals surface area contributed by atoms with Crippen LogP contribution in [0, 0.1) is 6.92 Å². The van der Waals surface area contributed by atoms with Crippen molar-refractivity contribution in [2.24, 2.45) is 7.05 Å². The van der Waals surface area contributed by atoms with Gasteiger partial charge in [0.25, 0.3) is 0 Å². The van der Waals surface area contributed by atoms with Crippen molar-refractivity contribution in [1.82, 2.24) is 14.5 Å². The number of hydrogen-bond acceptors (Lipinski definition) is 4. The Kier molecular flexibility index (Phi) is 4.69. The van der Waals surface area contributed by atoms with E-state index in [1.54, 1.807) is 0 Å². The highest BCUT2D eigenvalue weighted by Crippen LogP contribution is 2.32. The van der Waals surface area contributed by atoms with E-state index in [0.717, 1.165) is 53.3 Å². The summed E-state index contributed by atoms with van der Waals surface area (Å²) in [6.07, 6.45) is 5.83. The molecule has 0 atom stereocenters. The second-order valence-corrected chi connectivity index (χ2v) is 6.05. The molecule has 0 fully saturated rings. The van der Waals surface area contributed by atoms with E-state index in [1.807, 2.05) is 43.3 Å². The Hall–Kier alpha value is -2.56. The molecule has 0 N–H and O–H groups in total. The summed E-state index contributed by atoms with van der Waals surface area (Å²) in [5, 5.41) is 0. The van der Waals surface area contributed by atoms with Gasteiger partial charge in [-0.2, -0.15) is 0 Å². The van der Waals surface area contributed by atoms with Gasteiger partial charge < -0.3 is 14.2 Å². The molecular weight excluding hydrogens is 300 g/mol. The summed E-state index contributed by atoms with van der Waals surface area (Å²) in [6, 6.07) is 8.21. The summed E-state index contributed by atoms with van der Waals surface area (Å²) in [7, 11) is 4.02. The van der Waals surface area contributed by atoms with E-state index in [9.17, 15) is 0 Å². The molecule has 2 heterocycles. The van der Waals surface area contributed by atoms with Gasteiger partial charge in [-0.1, -0.05) is 19.4 Å². The number of aryl methyl sites for hydroxylation is 1. The lowest BCUT2D eigenvalue weighted by molar-refractivity contribution is 0.307. The maximum atomic E-state index is 5.92. The van der Waals surface area contributed by atoms with Crippen LogP contribution in [-0.4, -0.2) is 28.2 Å². The number of aromatic nitrogens is 3. The lowest BCUT2D eigenvalue weighted by Gasteiger charge is -2.22. The minimum absolute atomic E-state index is 0.754. The van der Waals surface area contributed by atoms with Crippen LogP contribution < -0.4 is 9.64 Å². The van der Waals surface area contributed by atoms with E-state index in [2.05, 4.69) is 40.8 Å². The summed E-state index contributed by atoms with van der Waals surface area (Å²) >= 11 is 0. The monoisotopic (exact) mass is 324 g/mol. The van der Waals surface area contributed by atoms with E-state index >= 15 is 0 Å². The predicted molar refractivity (Wildman–Crippen MR) is 98.2 cm³/mol. The van der Waals surface area contributed by atoms with Crippen LogP contribution in [-0.2, 0) is 7.05 Å². The van der Waals surface area contributed by atoms with E-state index in [4.69, 9.17) is 4.74 Å². The Morgan fingerprint density at radius 2 is 2.08 bits per heavy atom. The molecule has 0 saturated carbocycles. The predicted octanol–water partition coefficient (Wildman–Crippen LogP) is 4.22. The zero-order valence-electron chi connectivity index (χ0n) is 14.8. The van der Waals surface area contributed by atoms with Crippen molar-refractivity contribution in [3.63, 3.8) is 0 Å². The maximum absolute atomic E-state index is 5.92. The van der Waals surface area contributed by atoms with Crippen LogP contribution >= 0.6 is 0 Å². The maximum Gasteiger partial charge on any atom is 0.134 e. The summed E-state index contributed by atoms with van der Waals surface area (Å²) in [5.41, 5.74) is 4.20. The zero-order chi connectivity index (χ0) is 17.1. The van der Waals surface area contributed by atoms with Crippen LogP contribution in [0.25, 0.3) is 11.0 Å². The fraction of sp³-hybridized carbons (Fsp3) is 0.368. The normalized spacial score (nSPS) is 11.0. The SMILES string of the molecule is CCCCOc1cccc(N(C)c2cc3c(cn2)ncn3C)c1C. The fourth-order valence-corrected chi connectivity index (χ4v) is 2.78. The highest BCUT2D eigenvalue weighted by atomic mass is 16.5. The Morgan fingerprint density at radius 3 is 2.88 bits per heavy atom. The molecule has 0 aliphatic rings. The topological polar surface area (TPSA) is 43.2 Å². The number of anilines is 2. The molecule has 3 rings (SSSR count). The first-order chi connectivity index (χ1) is 11.6. The van der Waals surface area contributed by atoms with Crippen molar-refractivity contribution >= 4 is 22.5 Å². The first kappa shape index (κ1) is 16.3. The van der Waals surface area contributed by atoms with E-state index < -0.39 is 0 Å². The fourth-order valence-electron chi connectivity index (χ4n) is 2.78. The van der Waals surface area contributed by atoms with Crippen molar-refractivity contribution in [1.29, 1.82) is 0 Å². The molecular formula is C19H24N4O. The number of unbranched alkanes of at least 4 members (excludes halogenated alkanes) is 1. The first-order valence-electron chi connectivity index (χ1n) is 8.35. The van der Waals surface area contributed by atoms with Crippen LogP contribution in [0.2, 0.25) is 0 Å². The van der Waals surface area contributed by atoms with E-state index in [0.29, 0.717) is 0 Å². The molecule has 1 aromatic carbocycles. The molecule has 0 aliphatic carbocycles. The summed E-state index contributed by atoms with van der Waals surface area (Å²) in [4.78, 5) is 11.0. The number of pyridine rings is 1. The van der Waals surface area contributed by atoms with Crippen molar-refractivity contribution < 1.29 is 4.74 Å². The highest BCUT2D eigenvalue weighted by molar-refractivity contribution is 5.79. The van der Waals surface area contributed by atoms with Gasteiger partial charge in [0.1, 0.15) is 17.1 Å². The van der Waals surface area contributed by atoms with E-state index in [1.165, 1.54) is 0 Å². The lowest BCUT2D eigenvalue weighted by Crippen LogP contribution is -2.13. The minimum Gasteiger partial charge on any atom is -0.493 e. The molecule has 0 radical (unpaired) electrons. The second-order valence-electron chi connectivity index (χ2n) is 6.05. The van der Waals surface area contributed by atoms with Crippen LogP contribution in [0.5, 0.6) is 5.75 Å². The number of nitrogens with zero attached hydrogens (tertiary/aromatic N) is 4. The van der Waals surface area contributed by atoms with Gasteiger partial charge in [-0.25, -0.2) is 9.97 Å². The van der Waals surface area contributed by atoms with Crippen LogP contribution in [0.15, 0.2) is 36.8 Å². The summed E-state index contributed by atoms with van der Waals surface area (Å²) in [5.74, 6) is 1.83. The van der Waals surface area contributed by atoms with Crippen molar-refractivity contribution in [2.45, 2.75) is 26.7 Å². The number of fused-ring (bicyclic) bond motifs is 1. The minimum atomic E-state index is 0.754. The number of hydrogen-bond donors (Lipinski definition) is 0. The number of ether oxygens (including phenoxy) is 1. The van der Waals surface area contributed by atoms with E-state index in [-0.39, 0.29) is 0 Å². The van der Waals surface area contributed by atoms with Gasteiger partial charge >= 0.3 is 0 Å². The molecule has 0 aliphatic heterocycles. The Bertz CT molecular complexity index is 840. The van der Waals surface area contributed by atoms with Gasteiger partial charge in [-0.05, 0) is 25.5 Å². The third-order valence-corrected chi connectivity index (χ3v) is 4.31. The smallest absolute Gasteiger partial charge is 0.134 e. The van der Waals surface area contributed by atoms with Crippen LogP contribution in [0.1, 0.15) is 25.3 Å². The molecule has 5 heteroatoms. The molecule has 24 heavy (non-hydrogen) atoms. The molecule has 126 valence electrons. The van der Waals surface area contributed by atoms with Crippen molar-refractivity contribution in [3.05, 3.63) is 42.4 Å². The number of imidazole rings is 1. The summed E-state index contributed by atoms with van der Waals surface area (Å²) in [6.45, 7) is 5.01.